The molecule has 12 nitrogen and oxygen atoms in total. The van der Waals surface area contributed by atoms with Crippen molar-refractivity contribution in [3.63, 3.8) is 0 Å². The first-order valence-electron chi connectivity index (χ1n) is 13.9. The van der Waals surface area contributed by atoms with Gasteiger partial charge in [-0.25, -0.2) is 14.4 Å². The Labute approximate surface area is 247 Å². The highest BCUT2D eigenvalue weighted by Gasteiger charge is 2.35. The molecule has 3 amide bonds. The number of nitrogens with one attached hydrogen (secondary N) is 2. The Balaban J connectivity index is 1.44. The molecule has 2 aliphatic rings. The van der Waals surface area contributed by atoms with E-state index in [0.29, 0.717) is 23.4 Å². The zero-order chi connectivity index (χ0) is 30.7. The van der Waals surface area contributed by atoms with E-state index in [-0.39, 0.29) is 60.2 Å². The molecule has 43 heavy (non-hydrogen) atoms. The molecule has 1 fully saturated rings. The van der Waals surface area contributed by atoms with Crippen LogP contribution < -0.4 is 30.6 Å². The lowest BCUT2D eigenvalue weighted by Gasteiger charge is -2.38. The number of methoxy groups -OCH3 is 1. The standard InChI is InChI=1S/C30H33FN6O6/c1-16(2)21-12-22(36-30(32)35-21)29(40)37-7-6-24-23(14-37)34-27(38)15-42-26-10-18(4-5-25(26)41-3)28(39)33-13-17-8-19(31)11-20(9-17)43-24/h4-5,8-12,16,23-24H,6-7,13-15H2,1-3H3,(H,33,39)(H,34,38)(H2,32,35,36)/t23-,24+/m1/s1. The van der Waals surface area contributed by atoms with Crippen LogP contribution in [0.2, 0.25) is 0 Å². The molecule has 2 aromatic carbocycles. The van der Waals surface area contributed by atoms with Crippen LogP contribution in [0.4, 0.5) is 10.3 Å². The van der Waals surface area contributed by atoms with E-state index >= 15 is 0 Å². The number of halogens is 1. The minimum Gasteiger partial charge on any atom is -0.493 e. The fourth-order valence-corrected chi connectivity index (χ4v) is 5.02. The summed E-state index contributed by atoms with van der Waals surface area (Å²) in [5, 5.41) is 5.66. The van der Waals surface area contributed by atoms with E-state index < -0.39 is 36.4 Å². The van der Waals surface area contributed by atoms with Gasteiger partial charge in [-0.15, -0.1) is 0 Å². The van der Waals surface area contributed by atoms with Gasteiger partial charge in [0.15, 0.2) is 18.1 Å². The molecule has 2 atom stereocenters. The number of likely N-dealkylation sites (tertiary alicyclic amines) is 1. The number of nitrogens with two attached hydrogens (primary N) is 1. The Morgan fingerprint density at radius 3 is 2.74 bits per heavy atom. The molecule has 0 spiro atoms. The van der Waals surface area contributed by atoms with E-state index in [2.05, 4.69) is 20.6 Å². The van der Waals surface area contributed by atoms with Crippen LogP contribution in [0.15, 0.2) is 42.5 Å². The van der Waals surface area contributed by atoms with E-state index in [1.807, 2.05) is 13.8 Å². The Hall–Kier alpha value is -4.94. The molecule has 1 saturated heterocycles. The van der Waals surface area contributed by atoms with E-state index in [1.54, 1.807) is 29.2 Å². The molecule has 0 radical (unpaired) electrons. The van der Waals surface area contributed by atoms with Gasteiger partial charge in [0.05, 0.1) is 13.2 Å². The van der Waals surface area contributed by atoms with Crippen molar-refractivity contribution in [2.45, 2.75) is 44.9 Å². The average Bonchev–Trinajstić information content (AvgIpc) is 2.98. The van der Waals surface area contributed by atoms with Crippen molar-refractivity contribution in [2.24, 2.45) is 0 Å². The number of anilines is 1. The van der Waals surface area contributed by atoms with Gasteiger partial charge in [-0.1, -0.05) is 13.8 Å². The van der Waals surface area contributed by atoms with Crippen LogP contribution in [0.25, 0.3) is 0 Å². The van der Waals surface area contributed by atoms with Crippen molar-refractivity contribution in [1.82, 2.24) is 25.5 Å². The quantitative estimate of drug-likeness (QED) is 0.415. The molecule has 226 valence electrons. The van der Waals surface area contributed by atoms with Crippen LogP contribution in [-0.4, -0.2) is 71.5 Å². The summed E-state index contributed by atoms with van der Waals surface area (Å²) in [5.74, 6) is -1.03. The molecule has 3 heterocycles. The van der Waals surface area contributed by atoms with Gasteiger partial charge in [0.1, 0.15) is 23.4 Å². The van der Waals surface area contributed by atoms with Gasteiger partial charge < -0.3 is 35.5 Å². The van der Waals surface area contributed by atoms with Crippen molar-refractivity contribution in [3.05, 3.63) is 70.8 Å². The van der Waals surface area contributed by atoms with E-state index in [9.17, 15) is 18.8 Å². The fourth-order valence-electron chi connectivity index (χ4n) is 5.02. The summed E-state index contributed by atoms with van der Waals surface area (Å²) in [6.07, 6.45) is -0.280. The van der Waals surface area contributed by atoms with Gasteiger partial charge in [-0.2, -0.15) is 0 Å². The van der Waals surface area contributed by atoms with Crippen molar-refractivity contribution >= 4 is 23.7 Å². The molecule has 3 aromatic rings. The summed E-state index contributed by atoms with van der Waals surface area (Å²) in [7, 11) is 1.44. The maximum absolute atomic E-state index is 14.6. The van der Waals surface area contributed by atoms with Crippen molar-refractivity contribution in [1.29, 1.82) is 0 Å². The van der Waals surface area contributed by atoms with Gasteiger partial charge in [0.25, 0.3) is 17.7 Å². The molecule has 0 aliphatic carbocycles. The first-order chi connectivity index (χ1) is 20.6. The summed E-state index contributed by atoms with van der Waals surface area (Å²) >= 11 is 0. The number of ether oxygens (including phenoxy) is 3. The van der Waals surface area contributed by atoms with Crippen LogP contribution in [0.5, 0.6) is 17.2 Å². The second-order valence-electron chi connectivity index (χ2n) is 10.7. The molecular weight excluding hydrogens is 559 g/mol. The van der Waals surface area contributed by atoms with E-state index in [4.69, 9.17) is 19.9 Å². The SMILES string of the molecule is COc1ccc2cc1OCC(=O)N[C@@H]1CN(C(=O)c3cc(C(C)C)nc(N)n3)CC[C@@H]1Oc1cc(F)cc(c1)CNC2=O. The van der Waals surface area contributed by atoms with Crippen LogP contribution in [0, 0.1) is 5.82 Å². The highest BCUT2D eigenvalue weighted by Crippen LogP contribution is 2.29. The Kier molecular flexibility index (Phi) is 8.60. The van der Waals surface area contributed by atoms with E-state index in [1.165, 1.54) is 25.3 Å². The normalized spacial score (nSPS) is 19.0. The Morgan fingerprint density at radius 2 is 1.98 bits per heavy atom. The molecule has 4 bridgehead atoms. The fraction of sp³-hybridized carbons (Fsp3) is 0.367. The summed E-state index contributed by atoms with van der Waals surface area (Å²) < 4.78 is 31.8. The topological polar surface area (TPSA) is 158 Å². The summed E-state index contributed by atoms with van der Waals surface area (Å²) in [5.41, 5.74) is 7.42. The number of hydrogen-bond acceptors (Lipinski definition) is 9. The lowest BCUT2D eigenvalue weighted by Crippen LogP contribution is -2.58. The van der Waals surface area contributed by atoms with Gasteiger partial charge in [-0.3, -0.25) is 14.4 Å². The minimum absolute atomic E-state index is 0.000486. The maximum atomic E-state index is 14.6. The lowest BCUT2D eigenvalue weighted by molar-refractivity contribution is -0.125. The van der Waals surface area contributed by atoms with E-state index in [0.717, 1.165) is 0 Å². The highest BCUT2D eigenvalue weighted by atomic mass is 19.1. The Bertz CT molecular complexity index is 1550. The molecule has 1 aromatic heterocycles. The monoisotopic (exact) mass is 592 g/mol. The molecule has 0 saturated carbocycles. The van der Waals surface area contributed by atoms with Crippen LogP contribution in [0.1, 0.15) is 58.3 Å². The maximum Gasteiger partial charge on any atom is 0.272 e. The third-order valence-corrected chi connectivity index (χ3v) is 7.21. The number of nitrogen functional groups attached to an aromatic ring is 1. The number of rotatable bonds is 3. The number of carbonyl (C=O) groups excluding carboxylic acids is 3. The van der Waals surface area contributed by atoms with Crippen LogP contribution >= 0.6 is 0 Å². The third kappa shape index (κ3) is 6.93. The zero-order valence-corrected chi connectivity index (χ0v) is 24.1. The number of benzene rings is 2. The second kappa shape index (κ2) is 12.5. The summed E-state index contributed by atoms with van der Waals surface area (Å²) in [6.45, 7) is 3.90. The number of aromatic nitrogens is 2. The second-order valence-corrected chi connectivity index (χ2v) is 10.7. The van der Waals surface area contributed by atoms with Crippen molar-refractivity contribution < 1.29 is 33.0 Å². The summed E-state index contributed by atoms with van der Waals surface area (Å²) in [6, 6.07) is 9.69. The number of carbonyl (C=O) groups is 3. The largest absolute Gasteiger partial charge is 0.493 e. The molecule has 13 heteroatoms. The minimum atomic E-state index is -0.676. The van der Waals surface area contributed by atoms with Gasteiger partial charge >= 0.3 is 0 Å². The van der Waals surface area contributed by atoms with Gasteiger partial charge in [0.2, 0.25) is 5.95 Å². The highest BCUT2D eigenvalue weighted by molar-refractivity contribution is 5.95. The molecule has 4 N–H and O–H groups in total. The first-order valence-corrected chi connectivity index (χ1v) is 13.9. The molecule has 5 rings (SSSR count). The first kappa shape index (κ1) is 29.5. The summed E-state index contributed by atoms with van der Waals surface area (Å²) in [4.78, 5) is 49.3. The number of amides is 3. The number of piperidine rings is 1. The predicted octanol–water partition coefficient (Wildman–Crippen LogP) is 2.43. The van der Waals surface area contributed by atoms with Crippen LogP contribution in [0.3, 0.4) is 0 Å². The van der Waals surface area contributed by atoms with Gasteiger partial charge in [-0.05, 0) is 47.9 Å². The van der Waals surface area contributed by atoms with Crippen molar-refractivity contribution in [2.75, 3.05) is 32.5 Å². The molecule has 0 unspecified atom stereocenters. The molecule has 2 aliphatic heterocycles. The smallest absolute Gasteiger partial charge is 0.272 e. The third-order valence-electron chi connectivity index (χ3n) is 7.21. The van der Waals surface area contributed by atoms with Crippen molar-refractivity contribution in [3.8, 4) is 17.2 Å². The predicted molar refractivity (Wildman–Crippen MR) is 153 cm³/mol. The number of fused-ring (bicyclic) bond motifs is 5. The number of nitrogens with zero attached hydrogens (tertiary/aromatic N) is 3. The number of hydrogen-bond donors (Lipinski definition) is 3. The van der Waals surface area contributed by atoms with Crippen LogP contribution in [-0.2, 0) is 11.3 Å². The van der Waals surface area contributed by atoms with Gasteiger partial charge in [0, 0.05) is 43.4 Å². The lowest BCUT2D eigenvalue weighted by atomic mass is 10.0. The zero-order valence-electron chi connectivity index (χ0n) is 24.1. The molecular formula is C30H33FN6O6. The average molecular weight is 593 g/mol. The Morgan fingerprint density at radius 1 is 1.16 bits per heavy atom.